The highest BCUT2D eigenvalue weighted by Gasteiger charge is 1.94. The summed E-state index contributed by atoms with van der Waals surface area (Å²) in [6.45, 7) is 5.96. The fourth-order valence-corrected chi connectivity index (χ4v) is 2.02. The van der Waals surface area contributed by atoms with Crippen LogP contribution in [-0.2, 0) is 0 Å². The Morgan fingerprint density at radius 1 is 1.19 bits per heavy atom. The van der Waals surface area contributed by atoms with E-state index in [0.29, 0.717) is 0 Å². The van der Waals surface area contributed by atoms with Crippen LogP contribution in [0.4, 0.5) is 5.69 Å². The average molecular weight is 239 g/mol. The highest BCUT2D eigenvalue weighted by molar-refractivity contribution is 7.99. The van der Waals surface area contributed by atoms with Gasteiger partial charge in [-0.1, -0.05) is 6.92 Å². The van der Waals surface area contributed by atoms with Crippen molar-refractivity contribution < 1.29 is 4.74 Å². The first-order chi connectivity index (χ1) is 7.86. The van der Waals surface area contributed by atoms with Crippen LogP contribution < -0.4 is 10.1 Å². The van der Waals surface area contributed by atoms with Crippen LogP contribution in [0.3, 0.4) is 0 Å². The molecule has 0 bridgehead atoms. The molecule has 3 heteroatoms. The summed E-state index contributed by atoms with van der Waals surface area (Å²) in [6, 6.07) is 8.15. The van der Waals surface area contributed by atoms with Crippen LogP contribution in [0.2, 0.25) is 0 Å². The third kappa shape index (κ3) is 5.31. The first kappa shape index (κ1) is 13.2. The fraction of sp³-hybridized carbons (Fsp3) is 0.538. The smallest absolute Gasteiger partial charge is 0.119 e. The number of rotatable bonds is 8. The minimum atomic E-state index is 0.723. The minimum absolute atomic E-state index is 0.723. The Kier molecular flexibility index (Phi) is 6.90. The highest BCUT2D eigenvalue weighted by Crippen LogP contribution is 2.15. The van der Waals surface area contributed by atoms with Crippen LogP contribution in [0.5, 0.6) is 5.75 Å². The average Bonchev–Trinajstić information content (AvgIpc) is 2.31. The van der Waals surface area contributed by atoms with Gasteiger partial charge in [0, 0.05) is 12.2 Å². The monoisotopic (exact) mass is 239 g/mol. The summed E-state index contributed by atoms with van der Waals surface area (Å²) >= 11 is 1.99. The Morgan fingerprint density at radius 2 is 1.94 bits per heavy atom. The summed E-state index contributed by atoms with van der Waals surface area (Å²) in [5.74, 6) is 3.39. The van der Waals surface area contributed by atoms with Gasteiger partial charge in [-0.3, -0.25) is 0 Å². The van der Waals surface area contributed by atoms with Crippen molar-refractivity contribution in [3.8, 4) is 5.75 Å². The second kappa shape index (κ2) is 8.34. The van der Waals surface area contributed by atoms with Gasteiger partial charge in [-0.05, 0) is 49.1 Å². The van der Waals surface area contributed by atoms with E-state index in [0.717, 1.165) is 18.9 Å². The van der Waals surface area contributed by atoms with Gasteiger partial charge in [-0.25, -0.2) is 0 Å². The van der Waals surface area contributed by atoms with Crippen molar-refractivity contribution in [3.63, 3.8) is 0 Å². The maximum atomic E-state index is 5.39. The molecule has 1 aromatic rings. The molecule has 16 heavy (non-hydrogen) atoms. The summed E-state index contributed by atoms with van der Waals surface area (Å²) in [5, 5.41) is 3.40. The molecule has 0 aliphatic carbocycles. The highest BCUT2D eigenvalue weighted by atomic mass is 32.2. The second-order valence-electron chi connectivity index (χ2n) is 3.43. The number of anilines is 1. The molecule has 0 amide bonds. The van der Waals surface area contributed by atoms with Gasteiger partial charge < -0.3 is 10.1 Å². The predicted molar refractivity (Wildman–Crippen MR) is 73.7 cm³/mol. The first-order valence-electron chi connectivity index (χ1n) is 5.91. The molecule has 1 rings (SSSR count). The number of nitrogens with one attached hydrogen (secondary N) is 1. The third-order valence-corrected chi connectivity index (χ3v) is 3.15. The van der Waals surface area contributed by atoms with Gasteiger partial charge in [0.1, 0.15) is 5.75 Å². The third-order valence-electron chi connectivity index (χ3n) is 2.16. The van der Waals surface area contributed by atoms with E-state index in [9.17, 15) is 0 Å². The Balaban J connectivity index is 2.21. The molecule has 0 atom stereocenters. The summed E-state index contributed by atoms with van der Waals surface area (Å²) in [4.78, 5) is 0. The lowest BCUT2D eigenvalue weighted by Crippen LogP contribution is -2.02. The van der Waals surface area contributed by atoms with Crippen molar-refractivity contribution in [2.45, 2.75) is 20.3 Å². The Hall–Kier alpha value is -0.830. The van der Waals surface area contributed by atoms with Crippen LogP contribution in [0.15, 0.2) is 24.3 Å². The van der Waals surface area contributed by atoms with Crippen molar-refractivity contribution in [2.24, 2.45) is 0 Å². The summed E-state index contributed by atoms with van der Waals surface area (Å²) < 4.78 is 5.39. The summed E-state index contributed by atoms with van der Waals surface area (Å²) in [7, 11) is 0. The molecule has 0 unspecified atom stereocenters. The Labute approximate surface area is 103 Å². The maximum Gasteiger partial charge on any atom is 0.119 e. The van der Waals surface area contributed by atoms with Crippen LogP contribution >= 0.6 is 11.8 Å². The zero-order chi connectivity index (χ0) is 11.6. The van der Waals surface area contributed by atoms with Crippen LogP contribution in [0.1, 0.15) is 20.3 Å². The fourth-order valence-electron chi connectivity index (χ4n) is 1.39. The normalized spacial score (nSPS) is 10.1. The van der Waals surface area contributed by atoms with Crippen LogP contribution in [0, 0.1) is 0 Å². The lowest BCUT2D eigenvalue weighted by Gasteiger charge is -2.07. The van der Waals surface area contributed by atoms with Gasteiger partial charge in [-0.15, -0.1) is 0 Å². The molecular weight excluding hydrogens is 218 g/mol. The van der Waals surface area contributed by atoms with E-state index in [4.69, 9.17) is 4.74 Å². The van der Waals surface area contributed by atoms with E-state index in [1.54, 1.807) is 0 Å². The van der Waals surface area contributed by atoms with Gasteiger partial charge in [0.15, 0.2) is 0 Å². The predicted octanol–water partition coefficient (Wildman–Crippen LogP) is 3.64. The van der Waals surface area contributed by atoms with E-state index in [-0.39, 0.29) is 0 Å². The first-order valence-corrected chi connectivity index (χ1v) is 7.06. The molecule has 0 fully saturated rings. The van der Waals surface area contributed by atoms with E-state index < -0.39 is 0 Å². The summed E-state index contributed by atoms with van der Waals surface area (Å²) in [6.07, 6.45) is 1.21. The molecule has 90 valence electrons. The zero-order valence-electron chi connectivity index (χ0n) is 10.2. The SMILES string of the molecule is CCOc1ccc(NCCCSCC)cc1. The number of hydrogen-bond donors (Lipinski definition) is 1. The summed E-state index contributed by atoms with van der Waals surface area (Å²) in [5.41, 5.74) is 1.17. The minimum Gasteiger partial charge on any atom is -0.494 e. The van der Waals surface area contributed by atoms with E-state index >= 15 is 0 Å². The Bertz CT molecular complexity index is 274. The molecule has 0 radical (unpaired) electrons. The van der Waals surface area contributed by atoms with E-state index in [2.05, 4.69) is 24.4 Å². The van der Waals surface area contributed by atoms with Crippen LogP contribution in [-0.4, -0.2) is 24.7 Å². The standard InChI is InChI=1S/C13H21NOS/c1-3-15-13-8-6-12(7-9-13)14-10-5-11-16-4-2/h6-9,14H,3-5,10-11H2,1-2H3. The molecule has 2 nitrogen and oxygen atoms in total. The lowest BCUT2D eigenvalue weighted by molar-refractivity contribution is 0.340. The molecular formula is C13H21NOS. The number of benzene rings is 1. The molecule has 0 aliphatic heterocycles. The van der Waals surface area contributed by atoms with E-state index in [1.165, 1.54) is 23.6 Å². The quantitative estimate of drug-likeness (QED) is 0.700. The van der Waals surface area contributed by atoms with Crippen molar-refractivity contribution in [1.82, 2.24) is 0 Å². The van der Waals surface area contributed by atoms with Gasteiger partial charge in [0.05, 0.1) is 6.61 Å². The second-order valence-corrected chi connectivity index (χ2v) is 4.83. The maximum absolute atomic E-state index is 5.39. The number of thioether (sulfide) groups is 1. The molecule has 0 heterocycles. The lowest BCUT2D eigenvalue weighted by atomic mass is 10.3. The van der Waals surface area contributed by atoms with Gasteiger partial charge in [-0.2, -0.15) is 11.8 Å². The largest absolute Gasteiger partial charge is 0.494 e. The van der Waals surface area contributed by atoms with Gasteiger partial charge >= 0.3 is 0 Å². The molecule has 1 N–H and O–H groups in total. The number of hydrogen-bond acceptors (Lipinski definition) is 3. The van der Waals surface area contributed by atoms with Crippen molar-refractivity contribution in [2.75, 3.05) is 30.0 Å². The van der Waals surface area contributed by atoms with Gasteiger partial charge in [0.2, 0.25) is 0 Å². The van der Waals surface area contributed by atoms with E-state index in [1.807, 2.05) is 30.8 Å². The molecule has 0 spiro atoms. The molecule has 0 saturated heterocycles. The molecule has 0 saturated carbocycles. The molecule has 0 aliphatic rings. The topological polar surface area (TPSA) is 21.3 Å². The molecule has 0 aromatic heterocycles. The van der Waals surface area contributed by atoms with Crippen molar-refractivity contribution >= 4 is 17.4 Å². The number of ether oxygens (including phenoxy) is 1. The Morgan fingerprint density at radius 3 is 2.56 bits per heavy atom. The molecule has 1 aromatic carbocycles. The van der Waals surface area contributed by atoms with Crippen molar-refractivity contribution in [1.29, 1.82) is 0 Å². The van der Waals surface area contributed by atoms with Crippen molar-refractivity contribution in [3.05, 3.63) is 24.3 Å². The van der Waals surface area contributed by atoms with Crippen LogP contribution in [0.25, 0.3) is 0 Å². The van der Waals surface area contributed by atoms with Gasteiger partial charge in [0.25, 0.3) is 0 Å². The zero-order valence-corrected chi connectivity index (χ0v) is 11.0.